The lowest BCUT2D eigenvalue weighted by Gasteiger charge is -2.09. The molecule has 0 amide bonds. The van der Waals surface area contributed by atoms with Crippen LogP contribution in [0.25, 0.3) is 10.9 Å². The molecule has 0 aliphatic carbocycles. The third-order valence-electron chi connectivity index (χ3n) is 3.88. The minimum atomic E-state index is -0.603. The summed E-state index contributed by atoms with van der Waals surface area (Å²) in [5.74, 6) is -0.349. The van der Waals surface area contributed by atoms with Crippen LogP contribution in [0.4, 0.5) is 0 Å². The molecule has 1 aromatic heterocycles. The van der Waals surface area contributed by atoms with Gasteiger partial charge in [-0.25, -0.2) is 0 Å². The topological polar surface area (TPSA) is 109 Å². The minimum absolute atomic E-state index is 0.349. The number of benzene rings is 2. The predicted octanol–water partition coefficient (Wildman–Crippen LogP) is 2.97. The van der Waals surface area contributed by atoms with E-state index in [4.69, 9.17) is 15.7 Å². The number of para-hydroxylation sites is 1. The Hall–Kier alpha value is -3.43. The second-order valence-electron chi connectivity index (χ2n) is 5.77. The Balaban J connectivity index is 0.000000223. The number of nitrogens with two attached hydrogens (primary N) is 1. The molecule has 0 saturated carbocycles. The highest BCUT2D eigenvalue weighted by atomic mass is 16.5. The largest absolute Gasteiger partial charge is 0.465 e. The van der Waals surface area contributed by atoms with Gasteiger partial charge in [-0.3, -0.25) is 9.59 Å². The van der Waals surface area contributed by atoms with Crippen LogP contribution in [0.2, 0.25) is 0 Å². The number of rotatable bonds is 5. The van der Waals surface area contributed by atoms with Gasteiger partial charge in [-0.2, -0.15) is 5.26 Å². The molecule has 2 aromatic carbocycles. The van der Waals surface area contributed by atoms with E-state index in [1.54, 1.807) is 31.2 Å². The molecule has 0 aliphatic rings. The Labute approximate surface area is 157 Å². The number of hydrogen-bond donors (Lipinski definition) is 2. The molecule has 1 atom stereocenters. The number of aromatic amines is 1. The summed E-state index contributed by atoms with van der Waals surface area (Å²) < 4.78 is 4.89. The molecule has 1 unspecified atom stereocenters. The number of H-pyrrole nitrogens is 1. The first-order chi connectivity index (χ1) is 13.1. The van der Waals surface area contributed by atoms with Gasteiger partial charge in [0, 0.05) is 29.1 Å². The number of nitriles is 1. The number of carbonyl (C=O) groups is 2. The van der Waals surface area contributed by atoms with Gasteiger partial charge in [-0.1, -0.05) is 30.3 Å². The molecule has 0 aliphatic heterocycles. The average molecular weight is 363 g/mol. The highest BCUT2D eigenvalue weighted by Gasteiger charge is 2.16. The van der Waals surface area contributed by atoms with Gasteiger partial charge in [-0.15, -0.1) is 0 Å². The van der Waals surface area contributed by atoms with Crippen molar-refractivity contribution in [3.8, 4) is 6.07 Å². The van der Waals surface area contributed by atoms with Crippen molar-refractivity contribution in [2.45, 2.75) is 19.4 Å². The normalized spacial score (nSPS) is 11.0. The Kier molecular flexibility index (Phi) is 7.29. The van der Waals surface area contributed by atoms with Gasteiger partial charge in [0.05, 0.1) is 18.2 Å². The number of nitrogens with zero attached hydrogens (tertiary/aromatic N) is 1. The van der Waals surface area contributed by atoms with Gasteiger partial charge in [-0.05, 0) is 30.7 Å². The van der Waals surface area contributed by atoms with Crippen LogP contribution in [0.15, 0.2) is 54.7 Å². The summed E-state index contributed by atoms with van der Waals surface area (Å²) in [6, 6.07) is 15.8. The van der Waals surface area contributed by atoms with E-state index < -0.39 is 6.04 Å². The second-order valence-corrected chi connectivity index (χ2v) is 5.77. The van der Waals surface area contributed by atoms with Crippen molar-refractivity contribution in [2.75, 3.05) is 6.61 Å². The molecule has 27 heavy (non-hydrogen) atoms. The van der Waals surface area contributed by atoms with E-state index in [1.165, 1.54) is 0 Å². The quantitative estimate of drug-likeness (QED) is 0.535. The van der Waals surface area contributed by atoms with Gasteiger partial charge in [0.15, 0.2) is 0 Å². The van der Waals surface area contributed by atoms with Crippen molar-refractivity contribution in [3.63, 3.8) is 0 Å². The summed E-state index contributed by atoms with van der Waals surface area (Å²) in [7, 11) is 0. The smallest absolute Gasteiger partial charge is 0.323 e. The molecule has 3 N–H and O–H groups in total. The van der Waals surface area contributed by atoms with Crippen molar-refractivity contribution >= 4 is 23.2 Å². The van der Waals surface area contributed by atoms with E-state index in [1.807, 2.05) is 36.5 Å². The van der Waals surface area contributed by atoms with Crippen molar-refractivity contribution in [1.29, 1.82) is 5.26 Å². The fraction of sp³-hybridized carbons (Fsp3) is 0.190. The SMILES string of the molecule is CCOC(=O)C(N)Cc1c[nH]c2ccccc12.N#Cc1ccc(C=O)cc1. The zero-order valence-corrected chi connectivity index (χ0v) is 15.0. The number of hydrogen-bond acceptors (Lipinski definition) is 5. The lowest BCUT2D eigenvalue weighted by atomic mass is 10.1. The number of carbonyl (C=O) groups excluding carboxylic acids is 2. The van der Waals surface area contributed by atoms with Gasteiger partial charge < -0.3 is 15.5 Å². The average Bonchev–Trinajstić information content (AvgIpc) is 3.11. The van der Waals surface area contributed by atoms with Gasteiger partial charge in [0.1, 0.15) is 12.3 Å². The molecule has 0 saturated heterocycles. The van der Waals surface area contributed by atoms with Crippen LogP contribution in [0.5, 0.6) is 0 Å². The molecular weight excluding hydrogens is 342 g/mol. The molecule has 0 spiro atoms. The van der Waals surface area contributed by atoms with E-state index in [0.29, 0.717) is 24.2 Å². The van der Waals surface area contributed by atoms with Gasteiger partial charge in [0.2, 0.25) is 0 Å². The molecule has 138 valence electrons. The standard InChI is InChI=1S/C13H16N2O2.C8H5NO/c1-2-17-13(16)11(14)7-9-8-15-12-6-4-3-5-10(9)12;9-5-7-1-3-8(6-10)4-2-7/h3-6,8,11,15H,2,7,14H2,1H3;1-4,6H. The molecular formula is C21H21N3O3. The Morgan fingerprint density at radius 3 is 2.59 bits per heavy atom. The summed E-state index contributed by atoms with van der Waals surface area (Å²) >= 11 is 0. The van der Waals surface area contributed by atoms with Crippen LogP contribution in [0.3, 0.4) is 0 Å². The molecule has 1 heterocycles. The zero-order chi connectivity index (χ0) is 19.6. The van der Waals surface area contributed by atoms with Crippen LogP contribution in [0.1, 0.15) is 28.4 Å². The monoisotopic (exact) mass is 363 g/mol. The predicted molar refractivity (Wildman–Crippen MR) is 103 cm³/mol. The fourth-order valence-electron chi connectivity index (χ4n) is 2.51. The summed E-state index contributed by atoms with van der Waals surface area (Å²) in [5, 5.41) is 9.47. The number of ether oxygens (including phenoxy) is 1. The third kappa shape index (κ3) is 5.53. The van der Waals surface area contributed by atoms with Crippen molar-refractivity contribution in [2.24, 2.45) is 5.73 Å². The number of aromatic nitrogens is 1. The maximum Gasteiger partial charge on any atom is 0.323 e. The first-order valence-electron chi connectivity index (χ1n) is 8.51. The van der Waals surface area contributed by atoms with E-state index in [-0.39, 0.29) is 5.97 Å². The van der Waals surface area contributed by atoms with Gasteiger partial charge in [0.25, 0.3) is 0 Å². The van der Waals surface area contributed by atoms with Crippen LogP contribution < -0.4 is 5.73 Å². The molecule has 6 heteroatoms. The molecule has 3 rings (SSSR count). The molecule has 3 aromatic rings. The Morgan fingerprint density at radius 1 is 1.26 bits per heavy atom. The van der Waals surface area contributed by atoms with Crippen molar-refractivity contribution < 1.29 is 14.3 Å². The van der Waals surface area contributed by atoms with Crippen LogP contribution in [0, 0.1) is 11.3 Å². The molecule has 0 fully saturated rings. The van der Waals surface area contributed by atoms with Crippen molar-refractivity contribution in [3.05, 3.63) is 71.4 Å². The van der Waals surface area contributed by atoms with Crippen LogP contribution >= 0.6 is 0 Å². The first-order valence-corrected chi connectivity index (χ1v) is 8.51. The Morgan fingerprint density at radius 2 is 1.96 bits per heavy atom. The summed E-state index contributed by atoms with van der Waals surface area (Å²) in [6.07, 6.45) is 3.13. The number of esters is 1. The highest BCUT2D eigenvalue weighted by Crippen LogP contribution is 2.18. The van der Waals surface area contributed by atoms with E-state index in [9.17, 15) is 9.59 Å². The minimum Gasteiger partial charge on any atom is -0.465 e. The van der Waals surface area contributed by atoms with E-state index in [2.05, 4.69) is 4.98 Å². The second kappa shape index (κ2) is 9.90. The summed E-state index contributed by atoms with van der Waals surface area (Å²) in [6.45, 7) is 2.14. The zero-order valence-electron chi connectivity index (χ0n) is 15.0. The summed E-state index contributed by atoms with van der Waals surface area (Å²) in [5.41, 5.74) is 9.06. The Bertz CT molecular complexity index is 939. The van der Waals surface area contributed by atoms with E-state index >= 15 is 0 Å². The van der Waals surface area contributed by atoms with Crippen LogP contribution in [-0.4, -0.2) is 29.9 Å². The lowest BCUT2D eigenvalue weighted by molar-refractivity contribution is -0.144. The maximum atomic E-state index is 11.4. The maximum absolute atomic E-state index is 11.4. The molecule has 6 nitrogen and oxygen atoms in total. The summed E-state index contributed by atoms with van der Waals surface area (Å²) in [4.78, 5) is 24.7. The number of nitrogens with one attached hydrogen (secondary N) is 1. The van der Waals surface area contributed by atoms with E-state index in [0.717, 1.165) is 22.8 Å². The fourth-order valence-corrected chi connectivity index (χ4v) is 2.51. The highest BCUT2D eigenvalue weighted by molar-refractivity contribution is 5.84. The van der Waals surface area contributed by atoms with Gasteiger partial charge >= 0.3 is 5.97 Å². The van der Waals surface area contributed by atoms with Crippen molar-refractivity contribution in [1.82, 2.24) is 4.98 Å². The molecule has 0 radical (unpaired) electrons. The molecule has 0 bridgehead atoms. The van der Waals surface area contributed by atoms with Crippen LogP contribution in [-0.2, 0) is 16.0 Å². The first kappa shape index (κ1) is 19.9. The lowest BCUT2D eigenvalue weighted by Crippen LogP contribution is -2.34. The third-order valence-corrected chi connectivity index (χ3v) is 3.88. The number of fused-ring (bicyclic) bond motifs is 1. The number of aldehydes is 1.